The molecule has 0 saturated carbocycles. The quantitative estimate of drug-likeness (QED) is 0.594. The fourth-order valence-corrected chi connectivity index (χ4v) is 2.82. The maximum atomic E-state index is 13.7. The Morgan fingerprint density at radius 2 is 1.55 bits per heavy atom. The monoisotopic (exact) mass is 406 g/mol. The zero-order chi connectivity index (χ0) is 21.4. The van der Waals surface area contributed by atoms with Crippen LogP contribution in [0.3, 0.4) is 0 Å². The van der Waals surface area contributed by atoms with Crippen LogP contribution < -0.4 is 15.5 Å². The van der Waals surface area contributed by atoms with Gasteiger partial charge in [-0.05, 0) is 43.2 Å². The molecule has 0 saturated heterocycles. The molecule has 3 N–H and O–H groups in total. The van der Waals surface area contributed by atoms with E-state index in [1.165, 1.54) is 13.2 Å². The van der Waals surface area contributed by atoms with Crippen molar-refractivity contribution >= 4 is 23.2 Å². The Bertz CT molecular complexity index is 854. The summed E-state index contributed by atoms with van der Waals surface area (Å²) in [6.45, 7) is 4.43. The molecule has 29 heavy (non-hydrogen) atoms. The summed E-state index contributed by atoms with van der Waals surface area (Å²) in [5.41, 5.74) is 2.23. The topological polar surface area (TPSA) is 71.9 Å². The number of ether oxygens (including phenoxy) is 1. The van der Waals surface area contributed by atoms with Crippen molar-refractivity contribution in [1.82, 2.24) is 0 Å². The number of hydrogen-bond acceptors (Lipinski definition) is 3. The maximum absolute atomic E-state index is 13.7. The molecule has 0 fully saturated rings. The van der Waals surface area contributed by atoms with Crippen molar-refractivity contribution in [2.24, 2.45) is 0 Å². The molecule has 0 aliphatic heterocycles. The van der Waals surface area contributed by atoms with E-state index in [9.17, 15) is 18.4 Å². The Kier molecular flexibility index (Phi) is 8.23. The Hall–Kier alpha value is -2.84. The van der Waals surface area contributed by atoms with E-state index in [2.05, 4.69) is 10.6 Å². The summed E-state index contributed by atoms with van der Waals surface area (Å²) in [6, 6.07) is 8.95. The molecule has 2 amide bonds. The van der Waals surface area contributed by atoms with Gasteiger partial charge in [0.1, 0.15) is 23.9 Å². The minimum Gasteiger partial charge on any atom is -0.379 e. The highest BCUT2D eigenvalue weighted by molar-refractivity contribution is 5.93. The van der Waals surface area contributed by atoms with Gasteiger partial charge in [-0.1, -0.05) is 18.2 Å². The number of rotatable bonds is 9. The molecule has 1 atom stereocenters. The first-order chi connectivity index (χ1) is 13.8. The average molecular weight is 406 g/mol. The maximum Gasteiger partial charge on any atom is 0.279 e. The van der Waals surface area contributed by atoms with Crippen molar-refractivity contribution in [1.29, 1.82) is 0 Å². The number of para-hydroxylation sites is 1. The Labute approximate surface area is 168 Å². The molecule has 1 unspecified atom stereocenters. The highest BCUT2D eigenvalue weighted by Gasteiger charge is 2.20. The second-order valence-electron chi connectivity index (χ2n) is 6.79. The first-order valence-electron chi connectivity index (χ1n) is 9.24. The number of hydrogen-bond donors (Lipinski definition) is 3. The summed E-state index contributed by atoms with van der Waals surface area (Å²) in [5, 5.41) is 5.09. The molecule has 0 heterocycles. The largest absolute Gasteiger partial charge is 0.379 e. The van der Waals surface area contributed by atoms with Crippen molar-refractivity contribution in [3.8, 4) is 0 Å². The van der Waals surface area contributed by atoms with E-state index in [1.54, 1.807) is 0 Å². The molecule has 2 aromatic rings. The predicted octanol–water partition coefficient (Wildman–Crippen LogP) is 1.69. The van der Waals surface area contributed by atoms with E-state index in [0.717, 1.165) is 23.3 Å². The van der Waals surface area contributed by atoms with Crippen LogP contribution in [0.4, 0.5) is 20.2 Å². The summed E-state index contributed by atoms with van der Waals surface area (Å²) in [6.07, 6.45) is 0. The number of anilines is 2. The van der Waals surface area contributed by atoms with Crippen LogP contribution in [0.15, 0.2) is 36.4 Å². The second-order valence-corrected chi connectivity index (χ2v) is 6.79. The minimum absolute atomic E-state index is 0.00388. The van der Waals surface area contributed by atoms with Crippen molar-refractivity contribution in [2.75, 3.05) is 44.0 Å². The lowest BCUT2D eigenvalue weighted by Crippen LogP contribution is -3.14. The fraction of sp³-hybridized carbons (Fsp3) is 0.333. The van der Waals surface area contributed by atoms with Crippen LogP contribution in [-0.4, -0.2) is 45.2 Å². The lowest BCUT2D eigenvalue weighted by atomic mass is 10.1. The molecule has 0 radical (unpaired) electrons. The lowest BCUT2D eigenvalue weighted by molar-refractivity contribution is -0.883. The Balaban J connectivity index is 2.01. The normalized spacial score (nSPS) is 11.8. The smallest absolute Gasteiger partial charge is 0.279 e. The molecule has 0 aromatic heterocycles. The molecule has 2 aromatic carbocycles. The van der Waals surface area contributed by atoms with E-state index < -0.39 is 23.2 Å². The highest BCUT2D eigenvalue weighted by Crippen LogP contribution is 2.18. The van der Waals surface area contributed by atoms with E-state index in [0.29, 0.717) is 23.7 Å². The van der Waals surface area contributed by atoms with E-state index in [1.807, 2.05) is 32.0 Å². The van der Waals surface area contributed by atoms with Gasteiger partial charge in [0.15, 0.2) is 13.1 Å². The van der Waals surface area contributed by atoms with Crippen molar-refractivity contribution < 1.29 is 28.0 Å². The van der Waals surface area contributed by atoms with Crippen LogP contribution in [0.5, 0.6) is 0 Å². The van der Waals surface area contributed by atoms with Crippen LogP contribution in [0, 0.1) is 25.5 Å². The van der Waals surface area contributed by atoms with Gasteiger partial charge in [0.2, 0.25) is 0 Å². The van der Waals surface area contributed by atoms with E-state index in [-0.39, 0.29) is 19.0 Å². The van der Waals surface area contributed by atoms with Gasteiger partial charge in [0.05, 0.1) is 6.61 Å². The SMILES string of the molecule is COCC[NH+](CC(=O)Nc1cccc(C)c1C)CC(=O)Nc1c(F)cccc1F. The van der Waals surface area contributed by atoms with Gasteiger partial charge in [-0.2, -0.15) is 0 Å². The van der Waals surface area contributed by atoms with Gasteiger partial charge in [0.25, 0.3) is 11.8 Å². The van der Waals surface area contributed by atoms with Gasteiger partial charge in [0, 0.05) is 12.8 Å². The number of carbonyl (C=O) groups excluding carboxylic acids is 2. The number of nitrogens with one attached hydrogen (secondary N) is 3. The third-order valence-electron chi connectivity index (χ3n) is 4.59. The van der Waals surface area contributed by atoms with Gasteiger partial charge in [-0.15, -0.1) is 0 Å². The van der Waals surface area contributed by atoms with Crippen LogP contribution in [0.25, 0.3) is 0 Å². The molecule has 156 valence electrons. The van der Waals surface area contributed by atoms with Crippen LogP contribution >= 0.6 is 0 Å². The molecule has 0 aliphatic rings. The van der Waals surface area contributed by atoms with Gasteiger partial charge in [-0.3, -0.25) is 9.59 Å². The third-order valence-corrected chi connectivity index (χ3v) is 4.59. The highest BCUT2D eigenvalue weighted by atomic mass is 19.1. The van der Waals surface area contributed by atoms with Gasteiger partial charge in [-0.25, -0.2) is 8.78 Å². The first kappa shape index (κ1) is 22.4. The predicted molar refractivity (Wildman–Crippen MR) is 107 cm³/mol. The van der Waals surface area contributed by atoms with Crippen LogP contribution in [0.1, 0.15) is 11.1 Å². The number of benzene rings is 2. The van der Waals surface area contributed by atoms with Crippen molar-refractivity contribution in [3.05, 3.63) is 59.2 Å². The van der Waals surface area contributed by atoms with E-state index >= 15 is 0 Å². The molecule has 0 spiro atoms. The lowest BCUT2D eigenvalue weighted by Gasteiger charge is -2.19. The molecular formula is C21H26F2N3O3+. The first-order valence-corrected chi connectivity index (χ1v) is 9.24. The average Bonchev–Trinajstić information content (AvgIpc) is 2.66. The standard InChI is InChI=1S/C21H25F2N3O3/c1-14-6-4-9-18(15(14)2)24-19(27)12-26(10-11-29-3)13-20(28)25-21-16(22)7-5-8-17(21)23/h4-9H,10-13H2,1-3H3,(H,24,27)(H,25,28)/p+1. The van der Waals surface area contributed by atoms with Crippen molar-refractivity contribution in [2.45, 2.75) is 13.8 Å². The number of quaternary nitrogens is 1. The number of amides is 2. The fourth-order valence-electron chi connectivity index (χ4n) is 2.82. The summed E-state index contributed by atoms with van der Waals surface area (Å²) in [7, 11) is 1.52. The molecule has 0 aliphatic carbocycles. The zero-order valence-electron chi connectivity index (χ0n) is 16.8. The molecule has 2 rings (SSSR count). The Morgan fingerprint density at radius 3 is 2.17 bits per heavy atom. The van der Waals surface area contributed by atoms with Gasteiger partial charge < -0.3 is 20.3 Å². The summed E-state index contributed by atoms with van der Waals surface area (Å²) >= 11 is 0. The second kappa shape index (κ2) is 10.6. The zero-order valence-corrected chi connectivity index (χ0v) is 16.8. The van der Waals surface area contributed by atoms with E-state index in [4.69, 9.17) is 4.74 Å². The number of methoxy groups -OCH3 is 1. The molecule has 0 bridgehead atoms. The number of carbonyl (C=O) groups is 2. The van der Waals surface area contributed by atoms with Crippen LogP contribution in [0.2, 0.25) is 0 Å². The molecule has 6 nitrogen and oxygen atoms in total. The Morgan fingerprint density at radius 1 is 0.966 bits per heavy atom. The van der Waals surface area contributed by atoms with Gasteiger partial charge >= 0.3 is 0 Å². The van der Waals surface area contributed by atoms with Crippen molar-refractivity contribution in [3.63, 3.8) is 0 Å². The molecule has 8 heteroatoms. The number of halogens is 2. The molecular weight excluding hydrogens is 380 g/mol. The third kappa shape index (κ3) is 6.62. The summed E-state index contributed by atoms with van der Waals surface area (Å²) in [4.78, 5) is 25.4. The summed E-state index contributed by atoms with van der Waals surface area (Å²) < 4.78 is 32.5. The minimum atomic E-state index is -0.857. The summed E-state index contributed by atoms with van der Waals surface area (Å²) in [5.74, 6) is -2.58. The van der Waals surface area contributed by atoms with Crippen LogP contribution in [-0.2, 0) is 14.3 Å². The number of aryl methyl sites for hydroxylation is 1.